The predicted octanol–water partition coefficient (Wildman–Crippen LogP) is 5.06. The molecule has 0 aliphatic carbocycles. The molecule has 0 spiro atoms. The van der Waals surface area contributed by atoms with Crippen molar-refractivity contribution in [1.82, 2.24) is 0 Å². The van der Waals surface area contributed by atoms with Gasteiger partial charge >= 0.3 is 0 Å². The van der Waals surface area contributed by atoms with Gasteiger partial charge in [-0.05, 0) is 53.9 Å². The van der Waals surface area contributed by atoms with Crippen LogP contribution in [0.1, 0.15) is 24.1 Å². The minimum atomic E-state index is -0.854. The topological polar surface area (TPSA) is 49.9 Å². The van der Waals surface area contributed by atoms with Crippen LogP contribution in [0.5, 0.6) is 0 Å². The van der Waals surface area contributed by atoms with E-state index in [1.54, 1.807) is 17.2 Å². The van der Waals surface area contributed by atoms with Crippen LogP contribution in [0, 0.1) is 5.92 Å². The standard InChI is InChI=1S/C25H21BrN2O3/c1-2-16-8-10-17(11-9-16)22-21-23(31-28(22)20-6-4-3-5-7-20)25(30)27(24(21)29)19-14-12-18(26)13-15-19/h3-15,21-23H,2H2,1H3/t21-,22+,23+/m0/s1. The second kappa shape index (κ2) is 7.94. The quantitative estimate of drug-likeness (QED) is 0.493. The summed E-state index contributed by atoms with van der Waals surface area (Å²) < 4.78 is 0.885. The molecule has 2 saturated heterocycles. The number of hydrogen-bond acceptors (Lipinski definition) is 4. The van der Waals surface area contributed by atoms with Crippen molar-refractivity contribution in [2.24, 2.45) is 5.92 Å². The van der Waals surface area contributed by atoms with E-state index >= 15 is 0 Å². The molecule has 31 heavy (non-hydrogen) atoms. The number of carbonyl (C=O) groups excluding carboxylic acids is 2. The number of rotatable bonds is 4. The molecule has 0 saturated carbocycles. The summed E-state index contributed by atoms with van der Waals surface area (Å²) in [5.74, 6) is -1.19. The van der Waals surface area contributed by atoms with E-state index < -0.39 is 18.1 Å². The second-order valence-corrected chi connectivity index (χ2v) is 8.66. The molecule has 3 atom stereocenters. The van der Waals surface area contributed by atoms with Crippen LogP contribution in [0.4, 0.5) is 11.4 Å². The molecule has 2 aliphatic rings. The molecule has 3 aromatic carbocycles. The number of nitrogens with zero attached hydrogens (tertiary/aromatic N) is 2. The van der Waals surface area contributed by atoms with Gasteiger partial charge < -0.3 is 0 Å². The molecule has 0 aromatic heterocycles. The van der Waals surface area contributed by atoms with Gasteiger partial charge in [0.05, 0.1) is 17.4 Å². The van der Waals surface area contributed by atoms with Gasteiger partial charge in [-0.1, -0.05) is 65.3 Å². The monoisotopic (exact) mass is 476 g/mol. The molecular weight excluding hydrogens is 456 g/mol. The van der Waals surface area contributed by atoms with Crippen LogP contribution in [0.3, 0.4) is 0 Å². The smallest absolute Gasteiger partial charge is 0.266 e. The first-order valence-corrected chi connectivity index (χ1v) is 11.1. The zero-order valence-corrected chi connectivity index (χ0v) is 18.5. The van der Waals surface area contributed by atoms with Crippen LogP contribution < -0.4 is 9.96 Å². The van der Waals surface area contributed by atoms with Gasteiger partial charge in [0, 0.05) is 4.47 Å². The fourth-order valence-electron chi connectivity index (χ4n) is 4.35. The molecule has 5 nitrogen and oxygen atoms in total. The van der Waals surface area contributed by atoms with Crippen LogP contribution in [0.15, 0.2) is 83.3 Å². The minimum absolute atomic E-state index is 0.236. The van der Waals surface area contributed by atoms with E-state index in [4.69, 9.17) is 4.84 Å². The Morgan fingerprint density at radius 1 is 0.839 bits per heavy atom. The number of imide groups is 1. The summed E-state index contributed by atoms with van der Waals surface area (Å²) in [7, 11) is 0. The van der Waals surface area contributed by atoms with Crippen molar-refractivity contribution in [2.75, 3.05) is 9.96 Å². The molecule has 3 aromatic rings. The normalized spacial score (nSPS) is 22.8. The van der Waals surface area contributed by atoms with Gasteiger partial charge in [0.15, 0.2) is 6.10 Å². The third-order valence-corrected chi connectivity index (χ3v) is 6.47. The van der Waals surface area contributed by atoms with Crippen molar-refractivity contribution in [1.29, 1.82) is 0 Å². The summed E-state index contributed by atoms with van der Waals surface area (Å²) in [6.07, 6.45) is 0.0807. The van der Waals surface area contributed by atoms with Crippen molar-refractivity contribution in [3.05, 3.63) is 94.5 Å². The highest BCUT2D eigenvalue weighted by molar-refractivity contribution is 9.10. The number of anilines is 2. The predicted molar refractivity (Wildman–Crippen MR) is 122 cm³/mol. The lowest BCUT2D eigenvalue weighted by molar-refractivity contribution is -0.126. The van der Waals surface area contributed by atoms with Crippen molar-refractivity contribution >= 4 is 39.1 Å². The Bertz CT molecular complexity index is 1120. The lowest BCUT2D eigenvalue weighted by Gasteiger charge is -2.28. The molecule has 5 rings (SSSR count). The zero-order valence-electron chi connectivity index (χ0n) is 16.9. The Kier molecular flexibility index (Phi) is 5.12. The number of para-hydroxylation sites is 1. The first-order valence-electron chi connectivity index (χ1n) is 10.3. The minimum Gasteiger partial charge on any atom is -0.273 e. The Morgan fingerprint density at radius 3 is 2.16 bits per heavy atom. The summed E-state index contributed by atoms with van der Waals surface area (Å²) in [5.41, 5.74) is 3.54. The summed E-state index contributed by atoms with van der Waals surface area (Å²) in [5, 5.41) is 1.73. The maximum atomic E-state index is 13.6. The van der Waals surface area contributed by atoms with Gasteiger partial charge in [0.1, 0.15) is 5.92 Å². The molecule has 2 heterocycles. The lowest BCUT2D eigenvalue weighted by atomic mass is 9.90. The maximum Gasteiger partial charge on any atom is 0.266 e. The van der Waals surface area contributed by atoms with Crippen molar-refractivity contribution in [3.8, 4) is 0 Å². The molecular formula is C25H21BrN2O3. The van der Waals surface area contributed by atoms with Crippen LogP contribution in [0.25, 0.3) is 0 Å². The van der Waals surface area contributed by atoms with Gasteiger partial charge in [-0.15, -0.1) is 0 Å². The third-order valence-electron chi connectivity index (χ3n) is 5.94. The molecule has 0 unspecified atom stereocenters. The molecule has 0 radical (unpaired) electrons. The van der Waals surface area contributed by atoms with E-state index in [9.17, 15) is 9.59 Å². The number of fused-ring (bicyclic) bond motifs is 1. The van der Waals surface area contributed by atoms with Gasteiger partial charge in [-0.2, -0.15) is 0 Å². The second-order valence-electron chi connectivity index (χ2n) is 7.74. The Morgan fingerprint density at radius 2 is 1.52 bits per heavy atom. The van der Waals surface area contributed by atoms with E-state index in [1.807, 2.05) is 54.6 Å². The van der Waals surface area contributed by atoms with Gasteiger partial charge in [0.25, 0.3) is 5.91 Å². The molecule has 2 fully saturated rings. The summed E-state index contributed by atoms with van der Waals surface area (Å²) in [4.78, 5) is 34.3. The molecule has 0 N–H and O–H groups in total. The van der Waals surface area contributed by atoms with E-state index in [2.05, 4.69) is 35.0 Å². The van der Waals surface area contributed by atoms with Crippen LogP contribution in [-0.4, -0.2) is 17.9 Å². The van der Waals surface area contributed by atoms with Crippen LogP contribution in [0.2, 0.25) is 0 Å². The lowest BCUT2D eigenvalue weighted by Crippen LogP contribution is -2.37. The average molecular weight is 477 g/mol. The first-order chi connectivity index (χ1) is 15.1. The van der Waals surface area contributed by atoms with E-state index in [0.29, 0.717) is 5.69 Å². The molecule has 6 heteroatoms. The summed E-state index contributed by atoms with van der Waals surface area (Å²) in [6, 6.07) is 24.6. The van der Waals surface area contributed by atoms with Crippen molar-refractivity contribution < 1.29 is 14.4 Å². The van der Waals surface area contributed by atoms with E-state index in [1.165, 1.54) is 10.5 Å². The zero-order chi connectivity index (χ0) is 21.5. The van der Waals surface area contributed by atoms with Gasteiger partial charge in [-0.25, -0.2) is 9.96 Å². The number of aryl methyl sites for hydroxylation is 1. The molecule has 2 amide bonds. The number of amides is 2. The van der Waals surface area contributed by atoms with E-state index in [0.717, 1.165) is 22.1 Å². The Labute approximate surface area is 189 Å². The fourth-order valence-corrected chi connectivity index (χ4v) is 4.61. The maximum absolute atomic E-state index is 13.6. The van der Waals surface area contributed by atoms with Crippen molar-refractivity contribution in [2.45, 2.75) is 25.5 Å². The van der Waals surface area contributed by atoms with E-state index in [-0.39, 0.29) is 11.8 Å². The SMILES string of the molecule is CCc1ccc([C@@H]2[C@@H]3C(=O)N(c4ccc(Br)cc4)C(=O)[C@@H]3ON2c2ccccc2)cc1. The number of benzene rings is 3. The number of hydroxylamine groups is 1. The fraction of sp³-hybridized carbons (Fsp3) is 0.200. The highest BCUT2D eigenvalue weighted by Crippen LogP contribution is 2.47. The number of hydrogen-bond donors (Lipinski definition) is 0. The third kappa shape index (κ3) is 3.36. The summed E-state index contributed by atoms with van der Waals surface area (Å²) >= 11 is 3.40. The largest absolute Gasteiger partial charge is 0.273 e. The van der Waals surface area contributed by atoms with Gasteiger partial charge in [0.2, 0.25) is 5.91 Å². The molecule has 2 aliphatic heterocycles. The first kappa shape index (κ1) is 20.0. The number of halogens is 1. The summed E-state index contributed by atoms with van der Waals surface area (Å²) in [6.45, 7) is 2.11. The average Bonchev–Trinajstić information content (AvgIpc) is 3.31. The Balaban J connectivity index is 1.57. The van der Waals surface area contributed by atoms with Crippen LogP contribution in [-0.2, 0) is 20.8 Å². The highest BCUT2D eigenvalue weighted by atomic mass is 79.9. The number of carbonyl (C=O) groups is 2. The van der Waals surface area contributed by atoms with Crippen LogP contribution >= 0.6 is 15.9 Å². The highest BCUT2D eigenvalue weighted by Gasteiger charge is 2.60. The molecule has 0 bridgehead atoms. The van der Waals surface area contributed by atoms with Gasteiger partial charge in [-0.3, -0.25) is 14.4 Å². The Hall–Kier alpha value is -2.96. The molecule has 156 valence electrons. The van der Waals surface area contributed by atoms with Crippen molar-refractivity contribution in [3.63, 3.8) is 0 Å².